The highest BCUT2D eigenvalue weighted by Gasteiger charge is 2.46. The number of hydrogen-bond donors (Lipinski definition) is 0. The molecule has 2 unspecified atom stereocenters. The highest BCUT2D eigenvalue weighted by molar-refractivity contribution is 7.12. The molecule has 0 N–H and O–H groups in total. The fourth-order valence-corrected chi connectivity index (χ4v) is 3.92. The Labute approximate surface area is 156 Å². The zero-order valence-corrected chi connectivity index (χ0v) is 15.2. The number of aryl methyl sites for hydroxylation is 1. The molecule has 26 heavy (non-hydrogen) atoms. The number of benzene rings is 1. The lowest BCUT2D eigenvalue weighted by Crippen LogP contribution is -2.11. The zero-order chi connectivity index (χ0) is 17.9. The van der Waals surface area contributed by atoms with E-state index in [0.29, 0.717) is 18.3 Å². The summed E-state index contributed by atoms with van der Waals surface area (Å²) in [4.78, 5) is 18.8. The van der Waals surface area contributed by atoms with Crippen molar-refractivity contribution in [3.05, 3.63) is 76.2 Å². The van der Waals surface area contributed by atoms with Gasteiger partial charge in [-0.2, -0.15) is 0 Å². The molecule has 1 fully saturated rings. The van der Waals surface area contributed by atoms with Crippen molar-refractivity contribution in [3.8, 4) is 11.5 Å². The lowest BCUT2D eigenvalue weighted by atomic mass is 10.2. The Hall–Kier alpha value is -2.66. The lowest BCUT2D eigenvalue weighted by molar-refractivity contribution is -0.135. The van der Waals surface area contributed by atoms with Crippen molar-refractivity contribution in [2.24, 2.45) is 5.92 Å². The number of esters is 1. The van der Waals surface area contributed by atoms with Crippen molar-refractivity contribution in [1.82, 2.24) is 4.98 Å². The third kappa shape index (κ3) is 3.94. The zero-order valence-electron chi connectivity index (χ0n) is 14.4. The van der Waals surface area contributed by atoms with Gasteiger partial charge in [0.1, 0.15) is 18.1 Å². The highest BCUT2D eigenvalue weighted by atomic mass is 32.1. The summed E-state index contributed by atoms with van der Waals surface area (Å²) in [6.07, 6.45) is 4.36. The van der Waals surface area contributed by atoms with E-state index in [9.17, 15) is 4.79 Å². The molecule has 5 heteroatoms. The molecular weight excluding hydrogens is 346 g/mol. The molecule has 1 saturated carbocycles. The lowest BCUT2D eigenvalue weighted by Gasteiger charge is -2.08. The second kappa shape index (κ2) is 7.30. The first kappa shape index (κ1) is 16.8. The van der Waals surface area contributed by atoms with Crippen LogP contribution in [0.3, 0.4) is 0 Å². The molecule has 1 aliphatic rings. The molecule has 4 nitrogen and oxygen atoms in total. The Morgan fingerprint density at radius 2 is 1.81 bits per heavy atom. The van der Waals surface area contributed by atoms with E-state index in [-0.39, 0.29) is 11.9 Å². The summed E-state index contributed by atoms with van der Waals surface area (Å²) in [5, 5.41) is 0. The van der Waals surface area contributed by atoms with E-state index < -0.39 is 0 Å². The molecule has 3 aromatic rings. The Balaban J connectivity index is 1.29. The Bertz CT molecular complexity index is 889. The van der Waals surface area contributed by atoms with Crippen molar-refractivity contribution in [3.63, 3.8) is 0 Å². The minimum absolute atomic E-state index is 0.0179. The number of thiophene rings is 1. The van der Waals surface area contributed by atoms with Gasteiger partial charge >= 0.3 is 5.97 Å². The monoisotopic (exact) mass is 365 g/mol. The standard InChI is InChI=1S/C21H19NO3S/c1-14-2-7-20(26-14)18-12-19(18)21(23)25-17-5-3-16(4-6-17)24-13-15-8-10-22-11-9-15/h2-11,18-19H,12-13H2,1H3. The molecular formula is C21H19NO3S. The van der Waals surface area contributed by atoms with Crippen LogP contribution < -0.4 is 9.47 Å². The quantitative estimate of drug-likeness (QED) is 0.468. The van der Waals surface area contributed by atoms with Crippen molar-refractivity contribution in [2.75, 3.05) is 0 Å². The molecule has 132 valence electrons. The van der Waals surface area contributed by atoms with E-state index in [1.54, 1.807) is 35.9 Å². The molecule has 0 spiro atoms. The van der Waals surface area contributed by atoms with Crippen LogP contribution in [0, 0.1) is 12.8 Å². The average Bonchev–Trinajstić information content (AvgIpc) is 3.36. The first-order valence-corrected chi connectivity index (χ1v) is 9.40. The topological polar surface area (TPSA) is 48.4 Å². The van der Waals surface area contributed by atoms with Crippen molar-refractivity contribution < 1.29 is 14.3 Å². The van der Waals surface area contributed by atoms with E-state index in [1.807, 2.05) is 24.3 Å². The molecule has 0 aliphatic heterocycles. The average molecular weight is 365 g/mol. The van der Waals surface area contributed by atoms with Crippen LogP contribution in [-0.4, -0.2) is 11.0 Å². The van der Waals surface area contributed by atoms with Gasteiger partial charge in [-0.05, 0) is 67.4 Å². The van der Waals surface area contributed by atoms with Crippen LogP contribution in [0.5, 0.6) is 11.5 Å². The third-order valence-corrected chi connectivity index (χ3v) is 5.55. The first-order chi connectivity index (χ1) is 12.7. The molecule has 4 rings (SSSR count). The second-order valence-corrected chi connectivity index (χ2v) is 7.75. The highest BCUT2D eigenvalue weighted by Crippen LogP contribution is 2.50. The number of rotatable bonds is 6. The predicted octanol–water partition coefficient (Wildman–Crippen LogP) is 4.74. The van der Waals surface area contributed by atoms with Crippen LogP contribution >= 0.6 is 11.3 Å². The van der Waals surface area contributed by atoms with E-state index in [4.69, 9.17) is 9.47 Å². The van der Waals surface area contributed by atoms with E-state index in [2.05, 4.69) is 24.0 Å². The summed E-state index contributed by atoms with van der Waals surface area (Å²) < 4.78 is 11.2. The summed E-state index contributed by atoms with van der Waals surface area (Å²) in [6, 6.07) is 15.2. The van der Waals surface area contributed by atoms with Crippen molar-refractivity contribution >= 4 is 17.3 Å². The maximum Gasteiger partial charge on any atom is 0.315 e. The number of carbonyl (C=O) groups is 1. The van der Waals surface area contributed by atoms with Gasteiger partial charge < -0.3 is 9.47 Å². The molecule has 1 aliphatic carbocycles. The van der Waals surface area contributed by atoms with Gasteiger partial charge in [0.25, 0.3) is 0 Å². The maximum absolute atomic E-state index is 12.3. The molecule has 0 radical (unpaired) electrons. The minimum Gasteiger partial charge on any atom is -0.489 e. The smallest absolute Gasteiger partial charge is 0.315 e. The minimum atomic E-state index is -0.147. The number of carbonyl (C=O) groups excluding carboxylic acids is 1. The van der Waals surface area contributed by atoms with Crippen molar-refractivity contribution in [2.45, 2.75) is 25.9 Å². The third-order valence-electron chi connectivity index (χ3n) is 4.42. The molecule has 0 amide bonds. The van der Waals surface area contributed by atoms with Crippen molar-refractivity contribution in [1.29, 1.82) is 0 Å². The molecule has 0 bridgehead atoms. The summed E-state index contributed by atoms with van der Waals surface area (Å²) in [6.45, 7) is 2.56. The number of aromatic nitrogens is 1. The Morgan fingerprint density at radius 3 is 2.50 bits per heavy atom. The Morgan fingerprint density at radius 1 is 1.08 bits per heavy atom. The van der Waals surface area contributed by atoms with Gasteiger partial charge in [0.2, 0.25) is 0 Å². The molecule has 2 heterocycles. The largest absolute Gasteiger partial charge is 0.489 e. The molecule has 2 aromatic heterocycles. The van der Waals surface area contributed by atoms with E-state index >= 15 is 0 Å². The van der Waals surface area contributed by atoms with Crippen LogP contribution in [-0.2, 0) is 11.4 Å². The van der Waals surface area contributed by atoms with E-state index in [1.165, 1.54) is 9.75 Å². The second-order valence-electron chi connectivity index (χ2n) is 6.43. The predicted molar refractivity (Wildman–Crippen MR) is 101 cm³/mol. The van der Waals surface area contributed by atoms with Gasteiger partial charge in [0.05, 0.1) is 5.92 Å². The van der Waals surface area contributed by atoms with Crippen LogP contribution in [0.2, 0.25) is 0 Å². The first-order valence-electron chi connectivity index (χ1n) is 8.59. The number of pyridine rings is 1. The van der Waals surface area contributed by atoms with E-state index in [0.717, 1.165) is 17.7 Å². The van der Waals surface area contributed by atoms with Gasteiger partial charge in [0.15, 0.2) is 0 Å². The fourth-order valence-electron chi connectivity index (χ4n) is 2.86. The SMILES string of the molecule is Cc1ccc(C2CC2C(=O)Oc2ccc(OCc3ccncc3)cc2)s1. The molecule has 0 saturated heterocycles. The summed E-state index contributed by atoms with van der Waals surface area (Å²) in [5.41, 5.74) is 1.05. The fraction of sp³-hybridized carbons (Fsp3) is 0.238. The summed E-state index contributed by atoms with van der Waals surface area (Å²) in [5.74, 6) is 1.45. The van der Waals surface area contributed by atoms with Gasteiger partial charge in [-0.15, -0.1) is 11.3 Å². The number of nitrogens with zero attached hydrogens (tertiary/aromatic N) is 1. The molecule has 2 atom stereocenters. The van der Waals surface area contributed by atoms with Crippen LogP contribution in [0.25, 0.3) is 0 Å². The molecule has 1 aromatic carbocycles. The van der Waals surface area contributed by atoms with Crippen LogP contribution in [0.1, 0.15) is 27.7 Å². The summed E-state index contributed by atoms with van der Waals surface area (Å²) >= 11 is 1.76. The van der Waals surface area contributed by atoms with Crippen LogP contribution in [0.4, 0.5) is 0 Å². The van der Waals surface area contributed by atoms with Gasteiger partial charge in [0, 0.05) is 28.1 Å². The number of ether oxygens (including phenoxy) is 2. The number of hydrogen-bond acceptors (Lipinski definition) is 5. The Kier molecular flexibility index (Phi) is 4.71. The van der Waals surface area contributed by atoms with Gasteiger partial charge in [-0.1, -0.05) is 0 Å². The maximum atomic E-state index is 12.3. The normalized spacial score (nSPS) is 18.3. The van der Waals surface area contributed by atoms with Gasteiger partial charge in [-0.3, -0.25) is 9.78 Å². The van der Waals surface area contributed by atoms with Crippen LogP contribution in [0.15, 0.2) is 60.9 Å². The van der Waals surface area contributed by atoms with Gasteiger partial charge in [-0.25, -0.2) is 0 Å². The summed E-state index contributed by atoms with van der Waals surface area (Å²) in [7, 11) is 0.